The SMILES string of the molecule is CC(F)(F)F.Cc1ccc2ccccc2c1-c1csc(/C(C#N)=C(\O)c2cnn(C)c2Cl)n1. The van der Waals surface area contributed by atoms with Gasteiger partial charge in [-0.05, 0) is 23.3 Å². The zero-order valence-corrected chi connectivity index (χ0v) is 19.3. The van der Waals surface area contributed by atoms with Crippen LogP contribution in [0.3, 0.4) is 0 Å². The third-order valence-corrected chi connectivity index (χ3v) is 5.89. The Kier molecular flexibility index (Phi) is 7.10. The summed E-state index contributed by atoms with van der Waals surface area (Å²) >= 11 is 7.47. The van der Waals surface area contributed by atoms with Gasteiger partial charge in [0.1, 0.15) is 27.6 Å². The molecule has 0 spiro atoms. The lowest BCUT2D eigenvalue weighted by molar-refractivity contribution is -0.110. The Bertz CT molecular complexity index is 1380. The number of benzene rings is 2. The molecule has 10 heteroatoms. The van der Waals surface area contributed by atoms with Crippen molar-refractivity contribution in [2.75, 3.05) is 0 Å². The Hall–Kier alpha value is -3.35. The molecule has 0 bridgehead atoms. The number of aryl methyl sites for hydroxylation is 2. The predicted molar refractivity (Wildman–Crippen MR) is 125 cm³/mol. The molecule has 0 saturated carbocycles. The molecule has 170 valence electrons. The number of halogens is 4. The molecule has 1 N–H and O–H groups in total. The van der Waals surface area contributed by atoms with Gasteiger partial charge in [-0.25, -0.2) is 4.98 Å². The minimum atomic E-state index is -4.00. The van der Waals surface area contributed by atoms with Crippen LogP contribution in [-0.4, -0.2) is 26.0 Å². The Morgan fingerprint density at radius 2 is 1.88 bits per heavy atom. The predicted octanol–water partition coefficient (Wildman–Crippen LogP) is 7.18. The van der Waals surface area contributed by atoms with Crippen LogP contribution >= 0.6 is 22.9 Å². The summed E-state index contributed by atoms with van der Waals surface area (Å²) in [6, 6.07) is 14.3. The van der Waals surface area contributed by atoms with E-state index in [1.165, 1.54) is 22.2 Å². The summed E-state index contributed by atoms with van der Waals surface area (Å²) in [4.78, 5) is 4.65. The fourth-order valence-corrected chi connectivity index (χ4v) is 4.13. The molecule has 0 amide bonds. The second-order valence-corrected chi connectivity index (χ2v) is 8.32. The Morgan fingerprint density at radius 3 is 2.48 bits per heavy atom. The van der Waals surface area contributed by atoms with Gasteiger partial charge in [0.2, 0.25) is 0 Å². The molecule has 0 aliphatic carbocycles. The van der Waals surface area contributed by atoms with E-state index in [1.807, 2.05) is 24.4 Å². The van der Waals surface area contributed by atoms with Gasteiger partial charge in [-0.1, -0.05) is 48.0 Å². The van der Waals surface area contributed by atoms with Crippen LogP contribution in [0, 0.1) is 18.3 Å². The highest BCUT2D eigenvalue weighted by Gasteiger charge is 2.20. The van der Waals surface area contributed by atoms with E-state index in [9.17, 15) is 23.5 Å². The maximum absolute atomic E-state index is 10.6. The highest BCUT2D eigenvalue weighted by molar-refractivity contribution is 7.11. The molecule has 0 aliphatic heterocycles. The maximum Gasteiger partial charge on any atom is 0.386 e. The smallest absolute Gasteiger partial charge is 0.386 e. The monoisotopic (exact) mass is 490 g/mol. The topological polar surface area (TPSA) is 74.7 Å². The zero-order valence-electron chi connectivity index (χ0n) is 17.8. The summed E-state index contributed by atoms with van der Waals surface area (Å²) in [7, 11) is 1.66. The third-order valence-electron chi connectivity index (χ3n) is 4.58. The second-order valence-electron chi connectivity index (χ2n) is 7.11. The number of hydrogen-bond acceptors (Lipinski definition) is 5. The average molecular weight is 491 g/mol. The van der Waals surface area contributed by atoms with Crippen molar-refractivity contribution < 1.29 is 18.3 Å². The summed E-state index contributed by atoms with van der Waals surface area (Å²) in [5.74, 6) is -0.226. The van der Waals surface area contributed by atoms with Crippen LogP contribution in [0.15, 0.2) is 48.0 Å². The van der Waals surface area contributed by atoms with E-state index in [1.54, 1.807) is 7.05 Å². The number of aromatic nitrogens is 3. The molecule has 0 fully saturated rings. The van der Waals surface area contributed by atoms with E-state index in [2.05, 4.69) is 40.4 Å². The van der Waals surface area contributed by atoms with Crippen molar-refractivity contribution in [2.24, 2.45) is 7.05 Å². The summed E-state index contributed by atoms with van der Waals surface area (Å²) in [6.45, 7) is 2.22. The van der Waals surface area contributed by atoms with Crippen molar-refractivity contribution >= 4 is 45.0 Å². The number of rotatable bonds is 3. The van der Waals surface area contributed by atoms with Gasteiger partial charge in [-0.15, -0.1) is 11.3 Å². The van der Waals surface area contributed by atoms with Crippen LogP contribution in [0.25, 0.3) is 33.4 Å². The number of aliphatic hydroxyl groups is 1. The van der Waals surface area contributed by atoms with Crippen LogP contribution in [-0.2, 0) is 7.05 Å². The molecule has 0 aliphatic rings. The van der Waals surface area contributed by atoms with Gasteiger partial charge >= 0.3 is 6.18 Å². The molecule has 2 aromatic heterocycles. The van der Waals surface area contributed by atoms with Gasteiger partial charge in [-0.2, -0.15) is 23.5 Å². The molecule has 5 nitrogen and oxygen atoms in total. The van der Waals surface area contributed by atoms with Crippen LogP contribution in [0.5, 0.6) is 0 Å². The molecule has 2 heterocycles. The lowest BCUT2D eigenvalue weighted by Gasteiger charge is -2.08. The fraction of sp³-hybridized carbons (Fsp3) is 0.174. The number of hydrogen-bond donors (Lipinski definition) is 1. The first-order chi connectivity index (χ1) is 15.5. The molecular weight excluding hydrogens is 473 g/mol. The number of nitriles is 1. The van der Waals surface area contributed by atoms with Crippen molar-refractivity contribution in [3.05, 3.63) is 69.3 Å². The van der Waals surface area contributed by atoms with Crippen molar-refractivity contribution in [2.45, 2.75) is 20.0 Å². The van der Waals surface area contributed by atoms with Gasteiger partial charge in [-0.3, -0.25) is 4.68 Å². The Balaban J connectivity index is 0.000000555. The first kappa shape index (κ1) is 24.3. The first-order valence-corrected chi connectivity index (χ1v) is 10.8. The molecule has 33 heavy (non-hydrogen) atoms. The van der Waals surface area contributed by atoms with E-state index >= 15 is 0 Å². The standard InChI is InChI=1S/C21H15ClN4OS.C2H3F3/c1-12-7-8-13-5-3-4-6-14(13)18(12)17-11-28-21(25-17)15(9-23)19(27)16-10-24-26(2)20(16)22;1-2(3,4)5/h3-8,10-11,27H,1-2H3;1H3/b19-15-;. The molecule has 4 rings (SSSR count). The van der Waals surface area contributed by atoms with Crippen LogP contribution in [0.4, 0.5) is 13.2 Å². The van der Waals surface area contributed by atoms with Gasteiger partial charge in [0, 0.05) is 24.9 Å². The minimum Gasteiger partial charge on any atom is -0.506 e. The largest absolute Gasteiger partial charge is 0.506 e. The summed E-state index contributed by atoms with van der Waals surface area (Å²) < 4.78 is 32.5. The van der Waals surface area contributed by atoms with Gasteiger partial charge in [0.05, 0.1) is 17.5 Å². The van der Waals surface area contributed by atoms with Crippen molar-refractivity contribution in [1.82, 2.24) is 14.8 Å². The molecule has 2 aromatic carbocycles. The van der Waals surface area contributed by atoms with Crippen LogP contribution in [0.2, 0.25) is 5.15 Å². The third kappa shape index (κ3) is 5.53. The number of nitrogens with zero attached hydrogens (tertiary/aromatic N) is 4. The maximum atomic E-state index is 10.6. The van der Waals surface area contributed by atoms with E-state index < -0.39 is 6.18 Å². The lowest BCUT2D eigenvalue weighted by Crippen LogP contribution is -1.95. The van der Waals surface area contributed by atoms with Crippen molar-refractivity contribution in [1.29, 1.82) is 5.26 Å². The number of fused-ring (bicyclic) bond motifs is 1. The first-order valence-electron chi connectivity index (χ1n) is 9.53. The number of aliphatic hydroxyl groups excluding tert-OH is 1. The summed E-state index contributed by atoms with van der Waals surface area (Å²) in [5, 5.41) is 29.1. The van der Waals surface area contributed by atoms with Crippen LogP contribution < -0.4 is 0 Å². The van der Waals surface area contributed by atoms with Crippen molar-refractivity contribution in [3.63, 3.8) is 0 Å². The quantitative estimate of drug-likeness (QED) is 0.244. The van der Waals surface area contributed by atoms with Crippen molar-refractivity contribution in [3.8, 4) is 17.3 Å². The van der Waals surface area contributed by atoms with Gasteiger partial charge in [0.15, 0.2) is 0 Å². The highest BCUT2D eigenvalue weighted by Crippen LogP contribution is 2.36. The van der Waals surface area contributed by atoms with E-state index in [0.717, 1.165) is 27.6 Å². The normalized spacial score (nSPS) is 12.1. The second kappa shape index (κ2) is 9.65. The van der Waals surface area contributed by atoms with E-state index in [0.29, 0.717) is 10.6 Å². The summed E-state index contributed by atoms with van der Waals surface area (Å²) in [5.41, 5.74) is 3.27. The Labute approximate surface area is 197 Å². The van der Waals surface area contributed by atoms with E-state index in [4.69, 9.17) is 11.6 Å². The van der Waals surface area contributed by atoms with E-state index in [-0.39, 0.29) is 23.4 Å². The molecule has 0 radical (unpaired) electrons. The lowest BCUT2D eigenvalue weighted by atomic mass is 9.98. The minimum absolute atomic E-state index is 0.0732. The molecule has 0 saturated heterocycles. The number of allylic oxidation sites excluding steroid dienone is 1. The highest BCUT2D eigenvalue weighted by atomic mass is 35.5. The molecule has 0 atom stereocenters. The molecule has 4 aromatic rings. The molecule has 0 unspecified atom stereocenters. The number of thiazole rings is 1. The fourth-order valence-electron chi connectivity index (χ4n) is 3.14. The van der Waals surface area contributed by atoms with Gasteiger partial charge in [0.25, 0.3) is 0 Å². The number of alkyl halides is 3. The summed E-state index contributed by atoms with van der Waals surface area (Å²) in [6.07, 6.45) is -2.57. The average Bonchev–Trinajstić information content (AvgIpc) is 3.34. The molecular formula is C23H18ClF3N4OS. The zero-order chi connectivity index (χ0) is 24.3. The van der Waals surface area contributed by atoms with Gasteiger partial charge < -0.3 is 5.11 Å². The van der Waals surface area contributed by atoms with Crippen LogP contribution in [0.1, 0.15) is 23.1 Å². The Morgan fingerprint density at radius 1 is 1.21 bits per heavy atom.